The number of benzene rings is 2. The second-order valence-electron chi connectivity index (χ2n) is 8.47. The Bertz CT molecular complexity index is 1700. The van der Waals surface area contributed by atoms with Gasteiger partial charge in [-0.25, -0.2) is 14.5 Å². The number of carbonyl (C=O) groups excluding carboxylic acids is 1. The van der Waals surface area contributed by atoms with E-state index in [4.69, 9.17) is 4.74 Å². The van der Waals surface area contributed by atoms with Crippen LogP contribution < -0.4 is 4.18 Å². The third-order valence-electron chi connectivity index (χ3n) is 5.59. The molecule has 4 rings (SSSR count). The number of aromatic nitrogens is 3. The van der Waals surface area contributed by atoms with Gasteiger partial charge in [0.05, 0.1) is 18.5 Å². The molecular weight excluding hydrogens is 580 g/mol. The number of ether oxygens (including phenoxy) is 1. The van der Waals surface area contributed by atoms with Crippen LogP contribution in [0.2, 0.25) is 0 Å². The number of aryl methyl sites for hydroxylation is 1. The number of esters is 1. The van der Waals surface area contributed by atoms with Gasteiger partial charge in [0.15, 0.2) is 11.5 Å². The van der Waals surface area contributed by atoms with Gasteiger partial charge in [-0.15, -0.1) is 0 Å². The summed E-state index contributed by atoms with van der Waals surface area (Å²) in [5.41, 5.74) is -5.45. The number of pyridine rings is 1. The van der Waals surface area contributed by atoms with Crippen molar-refractivity contribution in [1.29, 1.82) is 0 Å². The van der Waals surface area contributed by atoms with Gasteiger partial charge in [0, 0.05) is 5.56 Å². The molecule has 0 radical (unpaired) electrons. The molecular formula is C26H19F6N3O5S. The van der Waals surface area contributed by atoms with Crippen LogP contribution in [0.25, 0.3) is 28.2 Å². The van der Waals surface area contributed by atoms with Crippen LogP contribution in [0.3, 0.4) is 0 Å². The first-order chi connectivity index (χ1) is 19.1. The summed E-state index contributed by atoms with van der Waals surface area (Å²) in [6.07, 6.45) is -4.23. The zero-order valence-corrected chi connectivity index (χ0v) is 21.9. The molecule has 41 heavy (non-hydrogen) atoms. The van der Waals surface area contributed by atoms with E-state index in [1.807, 2.05) is 0 Å². The predicted octanol–water partition coefficient (Wildman–Crippen LogP) is 6.33. The van der Waals surface area contributed by atoms with E-state index in [9.17, 15) is 39.6 Å². The maximum atomic E-state index is 14.0. The van der Waals surface area contributed by atoms with Crippen molar-refractivity contribution in [1.82, 2.24) is 14.8 Å². The average Bonchev–Trinajstić information content (AvgIpc) is 3.35. The summed E-state index contributed by atoms with van der Waals surface area (Å²) < 4.78 is 112. The first-order valence-electron chi connectivity index (χ1n) is 11.6. The molecule has 4 aromatic rings. The Morgan fingerprint density at radius 1 is 0.951 bits per heavy atom. The molecule has 0 saturated carbocycles. The molecule has 0 N–H and O–H groups in total. The van der Waals surface area contributed by atoms with Gasteiger partial charge in [0.2, 0.25) is 0 Å². The van der Waals surface area contributed by atoms with E-state index in [1.165, 1.54) is 37.3 Å². The fraction of sp³-hybridized carbons (Fsp3) is 0.192. The van der Waals surface area contributed by atoms with Crippen molar-refractivity contribution < 1.29 is 48.5 Å². The highest BCUT2D eigenvalue weighted by molar-refractivity contribution is 7.88. The lowest BCUT2D eigenvalue weighted by Crippen LogP contribution is -2.28. The van der Waals surface area contributed by atoms with Crippen LogP contribution in [-0.2, 0) is 21.0 Å². The topological polar surface area (TPSA) is 100 Å². The Hall–Kier alpha value is -4.40. The Balaban J connectivity index is 1.77. The Kier molecular flexibility index (Phi) is 7.85. The lowest BCUT2D eigenvalue weighted by molar-refractivity contribution is -0.143. The monoisotopic (exact) mass is 599 g/mol. The smallest absolute Gasteiger partial charge is 0.462 e. The van der Waals surface area contributed by atoms with Gasteiger partial charge in [-0.3, -0.25) is 0 Å². The summed E-state index contributed by atoms with van der Waals surface area (Å²) in [7, 11) is -5.86. The minimum atomic E-state index is -5.86. The molecule has 0 fully saturated rings. The summed E-state index contributed by atoms with van der Waals surface area (Å²) in [5, 5.41) is 3.74. The number of halogens is 6. The molecule has 0 aliphatic carbocycles. The van der Waals surface area contributed by atoms with Crippen molar-refractivity contribution in [2.24, 2.45) is 0 Å². The third-order valence-corrected chi connectivity index (χ3v) is 6.57. The predicted molar refractivity (Wildman–Crippen MR) is 134 cm³/mol. The zero-order chi connectivity index (χ0) is 30.2. The van der Waals surface area contributed by atoms with Crippen LogP contribution in [-0.4, -0.2) is 41.3 Å². The second-order valence-corrected chi connectivity index (χ2v) is 10.0. The van der Waals surface area contributed by atoms with E-state index in [-0.39, 0.29) is 18.1 Å². The first kappa shape index (κ1) is 29.6. The van der Waals surface area contributed by atoms with Crippen LogP contribution in [0.15, 0.2) is 66.9 Å². The third kappa shape index (κ3) is 6.19. The van der Waals surface area contributed by atoms with E-state index < -0.39 is 44.8 Å². The summed E-state index contributed by atoms with van der Waals surface area (Å²) in [6, 6.07) is 14.0. The first-order valence-corrected chi connectivity index (χ1v) is 13.0. The van der Waals surface area contributed by atoms with Gasteiger partial charge in [0.25, 0.3) is 0 Å². The molecule has 15 heteroatoms. The molecule has 0 amide bonds. The number of alkyl halides is 6. The lowest BCUT2D eigenvalue weighted by Gasteiger charge is -2.15. The number of hydrogen-bond donors (Lipinski definition) is 0. The van der Waals surface area contributed by atoms with Crippen LogP contribution in [0.4, 0.5) is 26.3 Å². The van der Waals surface area contributed by atoms with Gasteiger partial charge in [-0.05, 0) is 55.3 Å². The quantitative estimate of drug-likeness (QED) is 0.106. The van der Waals surface area contributed by atoms with E-state index in [1.54, 1.807) is 25.1 Å². The molecule has 0 unspecified atom stereocenters. The van der Waals surface area contributed by atoms with Crippen LogP contribution >= 0.6 is 0 Å². The summed E-state index contributed by atoms with van der Waals surface area (Å²) in [4.78, 5) is 16.5. The molecule has 0 aliphatic heterocycles. The van der Waals surface area contributed by atoms with Crippen LogP contribution in [0.1, 0.15) is 28.5 Å². The number of carbonyl (C=O) groups is 1. The van der Waals surface area contributed by atoms with Gasteiger partial charge < -0.3 is 8.92 Å². The molecule has 2 aromatic carbocycles. The molecule has 0 aliphatic rings. The number of rotatable bonds is 7. The van der Waals surface area contributed by atoms with E-state index >= 15 is 0 Å². The van der Waals surface area contributed by atoms with E-state index in [2.05, 4.69) is 14.3 Å². The lowest BCUT2D eigenvalue weighted by atomic mass is 9.95. The minimum Gasteiger partial charge on any atom is -0.462 e. The van der Waals surface area contributed by atoms with Crippen molar-refractivity contribution in [2.75, 3.05) is 6.61 Å². The Labute approximate surface area is 229 Å². The standard InChI is InChI=1S/C26H19F6N3O5S/c1-3-39-24(36)20-14-33-35(23(20)25(27,28)29)22-6-4-5-21(34-22)19-13-15(2)7-12-18(19)16-8-10-17(11-9-16)40-41(37,38)26(30,31)32/h4-14H,3H2,1-2H3. The van der Waals surface area contributed by atoms with E-state index in [0.717, 1.165) is 23.9 Å². The van der Waals surface area contributed by atoms with Crippen molar-refractivity contribution >= 4 is 16.1 Å². The molecule has 0 spiro atoms. The summed E-state index contributed by atoms with van der Waals surface area (Å²) in [6.45, 7) is 3.07. The Morgan fingerprint density at radius 2 is 1.63 bits per heavy atom. The normalized spacial score (nSPS) is 12.3. The van der Waals surface area contributed by atoms with Crippen molar-refractivity contribution in [2.45, 2.75) is 25.5 Å². The van der Waals surface area contributed by atoms with Gasteiger partial charge in [0.1, 0.15) is 11.3 Å². The highest BCUT2D eigenvalue weighted by Crippen LogP contribution is 2.36. The Morgan fingerprint density at radius 3 is 2.24 bits per heavy atom. The average molecular weight is 600 g/mol. The van der Waals surface area contributed by atoms with Crippen molar-refractivity contribution in [3.05, 3.63) is 83.7 Å². The van der Waals surface area contributed by atoms with Crippen molar-refractivity contribution in [3.8, 4) is 34.0 Å². The van der Waals surface area contributed by atoms with Crippen LogP contribution in [0, 0.1) is 6.92 Å². The van der Waals surface area contributed by atoms with Gasteiger partial charge in [-0.2, -0.15) is 39.9 Å². The van der Waals surface area contributed by atoms with Gasteiger partial charge >= 0.3 is 27.8 Å². The number of nitrogens with zero attached hydrogens (tertiary/aromatic N) is 3. The number of hydrogen-bond acceptors (Lipinski definition) is 7. The maximum Gasteiger partial charge on any atom is 0.534 e. The van der Waals surface area contributed by atoms with Crippen LogP contribution in [0.5, 0.6) is 5.75 Å². The molecule has 2 aromatic heterocycles. The highest BCUT2D eigenvalue weighted by atomic mass is 32.2. The fourth-order valence-corrected chi connectivity index (χ4v) is 4.29. The molecule has 8 nitrogen and oxygen atoms in total. The minimum absolute atomic E-state index is 0.142. The van der Waals surface area contributed by atoms with E-state index in [0.29, 0.717) is 21.4 Å². The molecule has 2 heterocycles. The second kappa shape index (κ2) is 10.9. The van der Waals surface area contributed by atoms with Crippen molar-refractivity contribution in [3.63, 3.8) is 0 Å². The molecule has 216 valence electrons. The fourth-order valence-electron chi connectivity index (χ4n) is 3.83. The summed E-state index contributed by atoms with van der Waals surface area (Å²) in [5.74, 6) is -2.02. The molecule has 0 saturated heterocycles. The molecule has 0 bridgehead atoms. The highest BCUT2D eigenvalue weighted by Gasteiger charge is 2.48. The summed E-state index contributed by atoms with van der Waals surface area (Å²) >= 11 is 0. The zero-order valence-electron chi connectivity index (χ0n) is 21.1. The van der Waals surface area contributed by atoms with Gasteiger partial charge in [-0.1, -0.05) is 35.9 Å². The largest absolute Gasteiger partial charge is 0.534 e. The SMILES string of the molecule is CCOC(=O)c1cnn(-c2cccc(-c3cc(C)ccc3-c3ccc(OS(=O)(=O)C(F)(F)F)cc3)n2)c1C(F)(F)F. The molecule has 0 atom stereocenters. The maximum absolute atomic E-state index is 14.0.